The molecule has 13 atom stereocenters. The molecular formula is C39H42O14. The molecule has 10 aliphatic rings. The first kappa shape index (κ1) is 33.7. The first-order chi connectivity index (χ1) is 24.9. The van der Waals surface area contributed by atoms with Gasteiger partial charge in [0.1, 0.15) is 31.5 Å². The third kappa shape index (κ3) is 3.71. The Kier molecular flexibility index (Phi) is 6.27. The van der Waals surface area contributed by atoms with E-state index in [9.17, 15) is 44.4 Å². The summed E-state index contributed by atoms with van der Waals surface area (Å²) in [5.41, 5.74) is -5.48. The predicted octanol–water partition coefficient (Wildman–Crippen LogP) is 0.995. The van der Waals surface area contributed by atoms with Crippen molar-refractivity contribution in [3.63, 3.8) is 0 Å². The Labute approximate surface area is 303 Å². The van der Waals surface area contributed by atoms with Crippen LogP contribution in [0.5, 0.6) is 0 Å². The maximum Gasteiger partial charge on any atom is 0.338 e. The molecule has 0 aromatic rings. The molecule has 4 N–H and O–H groups in total. The number of aliphatic hydroxyl groups is 4. The number of rotatable bonds is 0. The summed E-state index contributed by atoms with van der Waals surface area (Å²) in [5, 5.41) is 50.2. The number of hydrogen-bond donors (Lipinski definition) is 4. The molecule has 0 radical (unpaired) electrons. The van der Waals surface area contributed by atoms with Crippen molar-refractivity contribution in [2.24, 2.45) is 46.3 Å². The second-order valence-electron chi connectivity index (χ2n) is 17.7. The monoisotopic (exact) mass is 734 g/mol. The highest BCUT2D eigenvalue weighted by Gasteiger charge is 2.87. The van der Waals surface area contributed by atoms with Crippen LogP contribution in [0, 0.1) is 46.3 Å². The van der Waals surface area contributed by atoms with E-state index in [1.54, 1.807) is 13.8 Å². The van der Waals surface area contributed by atoms with Gasteiger partial charge in [0, 0.05) is 40.0 Å². The summed E-state index contributed by atoms with van der Waals surface area (Å²) < 4.78 is 28.8. The lowest BCUT2D eigenvalue weighted by atomic mass is 9.42. The van der Waals surface area contributed by atoms with E-state index in [0.29, 0.717) is 29.6 Å². The molecule has 1 spiro atoms. The van der Waals surface area contributed by atoms with Gasteiger partial charge < -0.3 is 44.1 Å². The minimum atomic E-state index is -2.51. The maximum absolute atomic E-state index is 14.4. The Morgan fingerprint density at radius 2 is 1.45 bits per heavy atom. The Morgan fingerprint density at radius 3 is 2.17 bits per heavy atom. The first-order valence-electron chi connectivity index (χ1n) is 18.5. The third-order valence-electron chi connectivity index (χ3n) is 15.5. The van der Waals surface area contributed by atoms with Crippen molar-refractivity contribution in [3.8, 4) is 0 Å². The first-order valence-corrected chi connectivity index (χ1v) is 18.5. The fraction of sp³-hybridized carbons (Fsp3) is 0.667. The van der Waals surface area contributed by atoms with Gasteiger partial charge in [-0.1, -0.05) is 13.8 Å². The fourth-order valence-corrected chi connectivity index (χ4v) is 13.2. The highest BCUT2D eigenvalue weighted by atomic mass is 16.7. The zero-order valence-electron chi connectivity index (χ0n) is 29.9. The average Bonchev–Trinajstić information content (AvgIpc) is 4.01. The van der Waals surface area contributed by atoms with Crippen molar-refractivity contribution >= 4 is 29.8 Å². The topological polar surface area (TPSA) is 212 Å². The Bertz CT molecular complexity index is 2020. The van der Waals surface area contributed by atoms with E-state index in [1.165, 1.54) is 13.0 Å². The normalized spacial score (nSPS) is 51.7. The van der Waals surface area contributed by atoms with Crippen molar-refractivity contribution in [2.75, 3.05) is 19.8 Å². The summed E-state index contributed by atoms with van der Waals surface area (Å²) in [7, 11) is 0. The lowest BCUT2D eigenvalue weighted by Crippen LogP contribution is -2.69. The highest BCUT2D eigenvalue weighted by molar-refractivity contribution is 5.98. The van der Waals surface area contributed by atoms with Gasteiger partial charge in [0.05, 0.1) is 24.0 Å². The van der Waals surface area contributed by atoms with Crippen molar-refractivity contribution < 1.29 is 68.1 Å². The number of cyclic esters (lactones) is 3. The fourth-order valence-electron chi connectivity index (χ4n) is 13.2. The molecule has 5 saturated carbocycles. The average molecular weight is 735 g/mol. The summed E-state index contributed by atoms with van der Waals surface area (Å²) in [5.74, 6) is -8.74. The standard InChI is InChI=1S/C39H42O14/c1-15-7-27(42)51-14-37(47)22-8-19(22)34(3)23(37)10-18-17(13-50-26(41)6-5-25(40)49-12-15)32(44)52-38(18)24(34)11-36(46)21-9-20(21)35(4)30(36)29(38)28-16(2)31(43)53-39(28,48)33(35)45/h7,19-24,33,45-48H,5-6,8-14H2,1-4H3/b15-7+/t19-,20+,21-,22-,23+,24-,33+,34-,35-,36-,37-,38-,39-/m0/s1. The molecule has 0 unspecified atom stereocenters. The van der Waals surface area contributed by atoms with Crippen LogP contribution < -0.4 is 0 Å². The van der Waals surface area contributed by atoms with Crippen LogP contribution in [0.1, 0.15) is 66.2 Å². The van der Waals surface area contributed by atoms with E-state index in [1.807, 2.05) is 6.92 Å². The van der Waals surface area contributed by atoms with Crippen LogP contribution in [0.25, 0.3) is 0 Å². The number of fused-ring (bicyclic) bond motifs is 9. The molecular weight excluding hydrogens is 692 g/mol. The van der Waals surface area contributed by atoms with E-state index < -0.39 is 87.8 Å². The Morgan fingerprint density at radius 1 is 0.774 bits per heavy atom. The summed E-state index contributed by atoms with van der Waals surface area (Å²) in [6.07, 6.45) is 0.162. The van der Waals surface area contributed by atoms with Crippen LogP contribution in [0.3, 0.4) is 0 Å². The molecule has 7 aliphatic carbocycles. The maximum atomic E-state index is 14.4. The van der Waals surface area contributed by atoms with Gasteiger partial charge in [-0.3, -0.25) is 9.59 Å². The molecule has 10 rings (SSSR count). The van der Waals surface area contributed by atoms with Gasteiger partial charge in [-0.05, 0) is 85.3 Å². The van der Waals surface area contributed by atoms with Crippen LogP contribution in [-0.2, 0) is 47.7 Å². The molecule has 5 fully saturated rings. The van der Waals surface area contributed by atoms with Gasteiger partial charge in [-0.25, -0.2) is 14.4 Å². The molecule has 3 heterocycles. The van der Waals surface area contributed by atoms with Gasteiger partial charge in [0.15, 0.2) is 5.60 Å². The summed E-state index contributed by atoms with van der Waals surface area (Å²) in [6, 6.07) is 0. The second-order valence-corrected chi connectivity index (χ2v) is 17.7. The van der Waals surface area contributed by atoms with E-state index in [2.05, 4.69) is 0 Å². The van der Waals surface area contributed by atoms with Crippen molar-refractivity contribution in [3.05, 3.63) is 45.1 Å². The zero-order chi connectivity index (χ0) is 37.6. The smallest absolute Gasteiger partial charge is 0.338 e. The molecule has 2 bridgehead atoms. The minimum Gasteiger partial charge on any atom is -0.461 e. The Balaban J connectivity index is 1.21. The van der Waals surface area contributed by atoms with Crippen LogP contribution in [0.4, 0.5) is 0 Å². The lowest BCUT2D eigenvalue weighted by molar-refractivity contribution is -0.244. The molecule has 53 heavy (non-hydrogen) atoms. The van der Waals surface area contributed by atoms with E-state index >= 15 is 0 Å². The van der Waals surface area contributed by atoms with Gasteiger partial charge in [-0.15, -0.1) is 0 Å². The van der Waals surface area contributed by atoms with Crippen molar-refractivity contribution in [1.82, 2.24) is 0 Å². The van der Waals surface area contributed by atoms with Gasteiger partial charge >= 0.3 is 29.8 Å². The van der Waals surface area contributed by atoms with Crippen molar-refractivity contribution in [2.45, 2.75) is 94.9 Å². The molecule has 0 aromatic heterocycles. The predicted molar refractivity (Wildman–Crippen MR) is 174 cm³/mol. The van der Waals surface area contributed by atoms with Crippen molar-refractivity contribution in [1.29, 1.82) is 0 Å². The van der Waals surface area contributed by atoms with Crippen LogP contribution >= 0.6 is 0 Å². The summed E-state index contributed by atoms with van der Waals surface area (Å²) >= 11 is 0. The van der Waals surface area contributed by atoms with Gasteiger partial charge in [0.2, 0.25) is 0 Å². The van der Waals surface area contributed by atoms with E-state index in [0.717, 1.165) is 0 Å². The third-order valence-corrected chi connectivity index (χ3v) is 15.5. The lowest BCUT2D eigenvalue weighted by Gasteiger charge is -2.64. The van der Waals surface area contributed by atoms with E-state index in [-0.39, 0.29) is 84.9 Å². The second kappa shape index (κ2) is 9.87. The van der Waals surface area contributed by atoms with E-state index in [4.69, 9.17) is 23.7 Å². The Hall–Kier alpha value is -3.85. The molecule has 0 saturated heterocycles. The molecule has 0 aromatic carbocycles. The van der Waals surface area contributed by atoms with Crippen LogP contribution in [0.2, 0.25) is 0 Å². The number of carbonyl (C=O) groups excluding carboxylic acids is 5. The number of esters is 5. The SMILES string of the molecule is CC1=C2C3=C4[C@](C)([C@@H]5C[C@@H]5[C@@]4(O)C[C@@H]4[C@]35OC(=O)C3=C5C[C@H]5[C@](O)(COC(=O)/C=C(\C)COC(=O)CCC(=O)OC3)[C@H]3C[C@@H]3[C@]45C)[C@@H](O)[C@@]2(O)OC1=O. The number of aliphatic hydroxyl groups excluding tert-OH is 1. The van der Waals surface area contributed by atoms with Crippen LogP contribution in [0.15, 0.2) is 45.1 Å². The number of hydrogen-bond acceptors (Lipinski definition) is 14. The zero-order valence-corrected chi connectivity index (χ0v) is 29.9. The quantitative estimate of drug-likeness (QED) is 0.202. The molecule has 3 aliphatic heterocycles. The molecule has 282 valence electrons. The summed E-state index contributed by atoms with van der Waals surface area (Å²) in [4.78, 5) is 66.2. The molecule has 14 nitrogen and oxygen atoms in total. The van der Waals surface area contributed by atoms with Gasteiger partial charge in [0.25, 0.3) is 5.79 Å². The largest absolute Gasteiger partial charge is 0.461 e. The minimum absolute atomic E-state index is 0.00686. The highest BCUT2D eigenvalue weighted by Crippen LogP contribution is 2.84. The van der Waals surface area contributed by atoms with Crippen LogP contribution in [-0.4, -0.2) is 98.8 Å². The number of ether oxygens (including phenoxy) is 5. The van der Waals surface area contributed by atoms with Gasteiger partial charge in [-0.2, -0.15) is 0 Å². The molecule has 14 heteroatoms. The number of carbonyl (C=O) groups is 5. The molecule has 0 amide bonds. The summed E-state index contributed by atoms with van der Waals surface area (Å²) in [6.45, 7) is 5.75.